The Balaban J connectivity index is 1.60. The molecule has 1 aromatic heterocycles. The summed E-state index contributed by atoms with van der Waals surface area (Å²) in [4.78, 5) is 33.6. The molecule has 44 heavy (non-hydrogen) atoms. The summed E-state index contributed by atoms with van der Waals surface area (Å²) in [6.45, 7) is 0.364. The van der Waals surface area contributed by atoms with Gasteiger partial charge < -0.3 is 39.8 Å². The zero-order chi connectivity index (χ0) is 30.8. The summed E-state index contributed by atoms with van der Waals surface area (Å²) >= 11 is 1.43. The van der Waals surface area contributed by atoms with Crippen LogP contribution in [0, 0.1) is 11.6 Å². The Labute approximate surface area is 254 Å². The van der Waals surface area contributed by atoms with E-state index in [0.717, 1.165) is 23.6 Å². The van der Waals surface area contributed by atoms with Crippen molar-refractivity contribution in [2.24, 2.45) is 10.9 Å². The number of rotatable bonds is 7. The summed E-state index contributed by atoms with van der Waals surface area (Å²) < 4.78 is 53.0. The number of amides is 1. The van der Waals surface area contributed by atoms with Gasteiger partial charge in [0.2, 0.25) is 6.79 Å². The van der Waals surface area contributed by atoms with Crippen molar-refractivity contribution in [1.29, 1.82) is 0 Å². The first kappa shape index (κ1) is 29.7. The molecule has 0 bridgehead atoms. The molecular weight excluding hydrogens is 600 g/mol. The highest BCUT2D eigenvalue weighted by Gasteiger charge is 2.39. The molecule has 2 aromatic carbocycles. The normalized spacial score (nSPS) is 17.4. The smallest absolute Gasteiger partial charge is 0.452 e. The number of halogens is 2. The molecule has 232 valence electrons. The number of pyridine rings is 1. The lowest BCUT2D eigenvalue weighted by Gasteiger charge is -2.42. The third-order valence-electron chi connectivity index (χ3n) is 7.40. The average Bonchev–Trinajstić information content (AvgIpc) is 3.24. The Morgan fingerprint density at radius 2 is 2.09 bits per heavy atom. The minimum absolute atomic E-state index is 0.0221. The second kappa shape index (κ2) is 12.7. The molecule has 4 heterocycles. The first-order valence-corrected chi connectivity index (χ1v) is 14.8. The van der Waals surface area contributed by atoms with Crippen molar-refractivity contribution in [1.82, 2.24) is 9.58 Å². The van der Waals surface area contributed by atoms with Crippen LogP contribution in [0.4, 0.5) is 13.6 Å². The second-order valence-electron chi connectivity index (χ2n) is 9.97. The van der Waals surface area contributed by atoms with Gasteiger partial charge in [-0.2, -0.15) is 0 Å². The number of methoxy groups -OCH3 is 1. The molecule has 1 fully saturated rings. The van der Waals surface area contributed by atoms with Gasteiger partial charge in [0, 0.05) is 34.9 Å². The van der Waals surface area contributed by atoms with Crippen LogP contribution in [0.5, 0.6) is 5.75 Å². The lowest BCUT2D eigenvalue weighted by Crippen LogP contribution is -2.59. The third-order valence-corrected chi connectivity index (χ3v) is 8.54. The zero-order valence-corrected chi connectivity index (χ0v) is 24.5. The van der Waals surface area contributed by atoms with Gasteiger partial charge in [0.15, 0.2) is 23.1 Å². The van der Waals surface area contributed by atoms with E-state index in [1.54, 1.807) is 4.90 Å². The minimum atomic E-state index is -1.03. The Bertz CT molecular complexity index is 1680. The molecule has 3 aliphatic heterocycles. The number of nitrogens with one attached hydrogen (secondary N) is 1. The number of carbonyl (C=O) groups excluding carboxylic acids is 2. The Kier molecular flexibility index (Phi) is 8.59. The van der Waals surface area contributed by atoms with E-state index in [9.17, 15) is 9.59 Å². The van der Waals surface area contributed by atoms with E-state index in [0.29, 0.717) is 29.8 Å². The van der Waals surface area contributed by atoms with Gasteiger partial charge in [-0.15, -0.1) is 11.8 Å². The van der Waals surface area contributed by atoms with Crippen LogP contribution in [0.15, 0.2) is 46.4 Å². The van der Waals surface area contributed by atoms with Crippen LogP contribution >= 0.6 is 11.8 Å². The lowest BCUT2D eigenvalue weighted by atomic mass is 9.92. The van der Waals surface area contributed by atoms with Gasteiger partial charge in [0.05, 0.1) is 26.0 Å². The number of nitrogens with zero attached hydrogens (tertiary/aromatic N) is 3. The molecule has 1 atom stereocenters. The van der Waals surface area contributed by atoms with E-state index >= 15 is 8.78 Å². The minimum Gasteiger partial charge on any atom is -0.452 e. The molecule has 0 unspecified atom stereocenters. The van der Waals surface area contributed by atoms with Crippen LogP contribution in [0.3, 0.4) is 0 Å². The maximum atomic E-state index is 15.4. The number of benzene rings is 2. The average molecular weight is 630 g/mol. The number of morpholine rings is 1. The predicted molar refractivity (Wildman–Crippen MR) is 153 cm³/mol. The highest BCUT2D eigenvalue weighted by molar-refractivity contribution is 7.98. The molecule has 3 N–H and O–H groups in total. The molecule has 1 amide bonds. The number of fused-ring (bicyclic) bond motifs is 4. The van der Waals surface area contributed by atoms with Crippen LogP contribution in [-0.2, 0) is 31.2 Å². The summed E-state index contributed by atoms with van der Waals surface area (Å²) in [6.07, 6.45) is -1.25. The number of ether oxygens (including phenoxy) is 4. The van der Waals surface area contributed by atoms with E-state index in [2.05, 4.69) is 15.3 Å². The van der Waals surface area contributed by atoms with Crippen LogP contribution in [0.2, 0.25) is 0 Å². The number of nitrogens with two attached hydrogens (primary N) is 1. The Hall–Kier alpha value is -4.34. The van der Waals surface area contributed by atoms with Crippen molar-refractivity contribution in [3.63, 3.8) is 0 Å². The standard InChI is InChI=1S/C29H29F2N5O7S/c1-39-29(38)42-15-41-27-21(34-43-8-6-32)12-22(36-26(27)28(37)35-7-9-40-13-24(35)33-36)18-11-20(30)25(31)19-14-44-23-5-3-2-4-16(23)10-17(18)19/h2-5,11-12,24,33H,6-10,13-15,32H2,1H3/b34-21+/t24-/m0/s1. The quantitative estimate of drug-likeness (QED) is 0.174. The van der Waals surface area contributed by atoms with Crippen LogP contribution < -0.4 is 21.3 Å². The van der Waals surface area contributed by atoms with Gasteiger partial charge in [-0.05, 0) is 35.7 Å². The largest absolute Gasteiger partial charge is 0.510 e. The first-order chi connectivity index (χ1) is 21.4. The fourth-order valence-electron chi connectivity index (χ4n) is 5.37. The molecule has 15 heteroatoms. The molecule has 0 spiro atoms. The van der Waals surface area contributed by atoms with Crippen LogP contribution in [0.1, 0.15) is 27.2 Å². The monoisotopic (exact) mass is 629 g/mol. The highest BCUT2D eigenvalue weighted by Crippen LogP contribution is 2.40. The number of hydrogen-bond acceptors (Lipinski definition) is 11. The van der Waals surface area contributed by atoms with E-state index in [1.165, 1.54) is 22.5 Å². The maximum absolute atomic E-state index is 15.4. The fraction of sp³-hybridized carbons (Fsp3) is 0.345. The summed E-state index contributed by atoms with van der Waals surface area (Å²) in [6, 6.07) is 10.3. The fourth-order valence-corrected chi connectivity index (χ4v) is 6.47. The highest BCUT2D eigenvalue weighted by atomic mass is 32.2. The van der Waals surface area contributed by atoms with Crippen molar-refractivity contribution in [3.8, 4) is 17.0 Å². The SMILES string of the molecule is COC(=O)OCOc1c2n(c(-c3cc(F)c(F)c4c3Cc3ccccc3SC4)c/c1=N\OCCN)N[C@@H]1COCCN1C2=O. The number of hydrogen-bond donors (Lipinski definition) is 2. The van der Waals surface area contributed by atoms with Crippen molar-refractivity contribution < 1.29 is 42.2 Å². The molecule has 0 aliphatic carbocycles. The third kappa shape index (κ3) is 5.53. The van der Waals surface area contributed by atoms with Crippen molar-refractivity contribution in [3.05, 3.63) is 75.8 Å². The van der Waals surface area contributed by atoms with Crippen molar-refractivity contribution in [2.45, 2.75) is 23.2 Å². The van der Waals surface area contributed by atoms with Gasteiger partial charge in [0.1, 0.15) is 18.1 Å². The van der Waals surface area contributed by atoms with Gasteiger partial charge >= 0.3 is 6.16 Å². The molecular formula is C29H29F2N5O7S. The van der Waals surface area contributed by atoms with Gasteiger partial charge in [-0.1, -0.05) is 23.4 Å². The second-order valence-corrected chi connectivity index (χ2v) is 11.0. The summed E-state index contributed by atoms with van der Waals surface area (Å²) in [7, 11) is 1.14. The molecule has 12 nitrogen and oxygen atoms in total. The Morgan fingerprint density at radius 3 is 2.91 bits per heavy atom. The van der Waals surface area contributed by atoms with Crippen LogP contribution in [-0.4, -0.2) is 74.6 Å². The molecule has 6 rings (SSSR count). The lowest BCUT2D eigenvalue weighted by molar-refractivity contribution is -0.00494. The predicted octanol–water partition coefficient (Wildman–Crippen LogP) is 2.90. The van der Waals surface area contributed by atoms with Crippen LogP contribution in [0.25, 0.3) is 11.3 Å². The maximum Gasteiger partial charge on any atom is 0.510 e. The molecule has 1 saturated heterocycles. The molecule has 0 saturated carbocycles. The van der Waals surface area contributed by atoms with Crippen molar-refractivity contribution >= 4 is 23.8 Å². The van der Waals surface area contributed by atoms with E-state index in [-0.39, 0.29) is 54.4 Å². The van der Waals surface area contributed by atoms with E-state index < -0.39 is 36.7 Å². The first-order valence-electron chi connectivity index (χ1n) is 13.8. The topological polar surface area (TPSA) is 139 Å². The molecule has 0 radical (unpaired) electrons. The molecule has 3 aromatic rings. The van der Waals surface area contributed by atoms with Gasteiger partial charge in [-0.3, -0.25) is 4.79 Å². The summed E-state index contributed by atoms with van der Waals surface area (Å²) in [5.41, 5.74) is 11.2. The molecule has 3 aliphatic rings. The number of aromatic nitrogens is 1. The van der Waals surface area contributed by atoms with Gasteiger partial charge in [0.25, 0.3) is 5.91 Å². The number of thioether (sulfide) groups is 1. The van der Waals surface area contributed by atoms with Gasteiger partial charge in [-0.25, -0.2) is 18.3 Å². The summed E-state index contributed by atoms with van der Waals surface area (Å²) in [5, 5.41) is 4.21. The van der Waals surface area contributed by atoms with Crippen molar-refractivity contribution in [2.75, 3.05) is 52.2 Å². The zero-order valence-electron chi connectivity index (χ0n) is 23.6. The Morgan fingerprint density at radius 1 is 1.25 bits per heavy atom. The summed E-state index contributed by atoms with van der Waals surface area (Å²) in [5.74, 6) is -2.28. The van der Waals surface area contributed by atoms with E-state index in [4.69, 9.17) is 24.8 Å². The number of carbonyl (C=O) groups is 2. The van der Waals surface area contributed by atoms with E-state index in [1.807, 2.05) is 24.3 Å².